The molecule has 232 valence electrons. The molecule has 0 saturated heterocycles. The van der Waals surface area contributed by atoms with Crippen LogP contribution in [0.1, 0.15) is 17.9 Å². The fourth-order valence-electron chi connectivity index (χ4n) is 7.88. The lowest BCUT2D eigenvalue weighted by molar-refractivity contribution is 0.831. The number of allylic oxidation sites excluding steroid dienone is 3. The third-order valence-electron chi connectivity index (χ3n) is 10.1. The molecule has 2 nitrogen and oxygen atoms in total. The number of benzene rings is 7. The van der Waals surface area contributed by atoms with E-state index in [0.29, 0.717) is 0 Å². The highest BCUT2D eigenvalue weighted by molar-refractivity contribution is 7.25. The number of thiophene rings is 1. The van der Waals surface area contributed by atoms with Crippen molar-refractivity contribution in [2.24, 2.45) is 0 Å². The van der Waals surface area contributed by atoms with Gasteiger partial charge in [0, 0.05) is 59.3 Å². The molecule has 3 heteroatoms. The largest absolute Gasteiger partial charge is 0.310 e. The Hall–Kier alpha value is -5.90. The molecule has 0 radical (unpaired) electrons. The van der Waals surface area contributed by atoms with Crippen LogP contribution in [0, 0.1) is 0 Å². The summed E-state index contributed by atoms with van der Waals surface area (Å²) in [7, 11) is 0. The van der Waals surface area contributed by atoms with E-state index in [1.165, 1.54) is 81.1 Å². The Morgan fingerprint density at radius 1 is 0.551 bits per heavy atom. The minimum atomic E-state index is 0.249. The quantitative estimate of drug-likeness (QED) is 0.181. The normalized spacial score (nSPS) is 14.7. The molecule has 2 heterocycles. The molecule has 0 aliphatic heterocycles. The molecule has 2 aromatic heterocycles. The van der Waals surface area contributed by atoms with Crippen LogP contribution in [0.5, 0.6) is 0 Å². The van der Waals surface area contributed by atoms with Gasteiger partial charge in [0.15, 0.2) is 0 Å². The molecule has 1 aliphatic carbocycles. The number of hydrogen-bond donors (Lipinski definition) is 0. The maximum absolute atomic E-state index is 2.46. The Balaban J connectivity index is 1.09. The molecule has 0 bridgehead atoms. The first-order chi connectivity index (χ1) is 24.3. The third kappa shape index (κ3) is 4.54. The van der Waals surface area contributed by atoms with Gasteiger partial charge in [-0.1, -0.05) is 127 Å². The summed E-state index contributed by atoms with van der Waals surface area (Å²) in [6.45, 7) is 0. The lowest BCUT2D eigenvalue weighted by Gasteiger charge is -2.30. The molecule has 1 atom stereocenters. The van der Waals surface area contributed by atoms with Crippen LogP contribution < -0.4 is 4.90 Å². The lowest BCUT2D eigenvalue weighted by atomic mass is 9.89. The lowest BCUT2D eigenvalue weighted by Crippen LogP contribution is -2.18. The first-order valence-corrected chi connectivity index (χ1v) is 17.8. The van der Waals surface area contributed by atoms with Crippen LogP contribution in [0.2, 0.25) is 0 Å². The monoisotopic (exact) mass is 644 g/mol. The van der Waals surface area contributed by atoms with Crippen LogP contribution in [0.25, 0.3) is 58.4 Å². The predicted molar refractivity (Wildman–Crippen MR) is 211 cm³/mol. The van der Waals surface area contributed by atoms with Gasteiger partial charge in [0.1, 0.15) is 0 Å². The predicted octanol–water partition coefficient (Wildman–Crippen LogP) is 13.1. The summed E-state index contributed by atoms with van der Waals surface area (Å²) in [5, 5.41) is 7.71. The Bertz CT molecular complexity index is 2720. The minimum Gasteiger partial charge on any atom is -0.310 e. The van der Waals surface area contributed by atoms with E-state index < -0.39 is 0 Å². The fraction of sp³-hybridized carbons (Fsp3) is 0.0435. The van der Waals surface area contributed by atoms with Gasteiger partial charge in [0.2, 0.25) is 0 Å². The molecule has 49 heavy (non-hydrogen) atoms. The van der Waals surface area contributed by atoms with Crippen molar-refractivity contribution in [2.75, 3.05) is 4.90 Å². The van der Waals surface area contributed by atoms with Gasteiger partial charge in [0.05, 0.1) is 16.7 Å². The molecule has 9 aromatic rings. The second kappa shape index (κ2) is 11.4. The molecule has 0 saturated carbocycles. The van der Waals surface area contributed by atoms with Gasteiger partial charge in [0.25, 0.3) is 0 Å². The van der Waals surface area contributed by atoms with Crippen molar-refractivity contribution in [1.29, 1.82) is 0 Å². The first kappa shape index (κ1) is 28.1. The van der Waals surface area contributed by atoms with Crippen LogP contribution in [0.4, 0.5) is 11.4 Å². The van der Waals surface area contributed by atoms with E-state index >= 15 is 0 Å². The number of aromatic nitrogens is 1. The molecular formula is C46H32N2S. The van der Waals surface area contributed by atoms with Crippen molar-refractivity contribution in [3.05, 3.63) is 187 Å². The number of para-hydroxylation sites is 3. The molecule has 1 aliphatic rings. The zero-order valence-electron chi connectivity index (χ0n) is 26.8. The van der Waals surface area contributed by atoms with Gasteiger partial charge in [-0.2, -0.15) is 0 Å². The van der Waals surface area contributed by atoms with E-state index in [1.54, 1.807) is 0 Å². The van der Waals surface area contributed by atoms with Crippen LogP contribution in [-0.4, -0.2) is 4.57 Å². The van der Waals surface area contributed by atoms with E-state index in [1.807, 2.05) is 11.3 Å². The van der Waals surface area contributed by atoms with Crippen LogP contribution in [-0.2, 0) is 0 Å². The Labute approximate surface area is 289 Å². The summed E-state index contributed by atoms with van der Waals surface area (Å²) in [4.78, 5) is 2.46. The van der Waals surface area contributed by atoms with Gasteiger partial charge in [-0.25, -0.2) is 0 Å². The van der Waals surface area contributed by atoms with Gasteiger partial charge in [-0.05, 0) is 65.9 Å². The Kier molecular flexibility index (Phi) is 6.53. The topological polar surface area (TPSA) is 8.17 Å². The number of fused-ring (bicyclic) bond motifs is 7. The molecule has 10 rings (SSSR count). The van der Waals surface area contributed by atoms with Crippen molar-refractivity contribution in [2.45, 2.75) is 12.3 Å². The number of rotatable bonds is 5. The van der Waals surface area contributed by atoms with E-state index in [-0.39, 0.29) is 5.92 Å². The fourth-order valence-corrected chi connectivity index (χ4v) is 9.02. The molecular weight excluding hydrogens is 613 g/mol. The smallest absolute Gasteiger partial charge is 0.0541 e. The van der Waals surface area contributed by atoms with Crippen molar-refractivity contribution < 1.29 is 0 Å². The minimum absolute atomic E-state index is 0.249. The van der Waals surface area contributed by atoms with Crippen molar-refractivity contribution in [1.82, 2.24) is 4.57 Å². The highest BCUT2D eigenvalue weighted by Gasteiger charge is 2.23. The SMILES string of the molecule is C1=CC(c2ccccc2-n2c3ccccc3c3ccccc32)CC=C1N(c1ccc2c(c1)sc1ccccc12)c1cccc2ccccc12. The maximum Gasteiger partial charge on any atom is 0.0541 e. The summed E-state index contributed by atoms with van der Waals surface area (Å²) in [5.41, 5.74) is 8.63. The van der Waals surface area contributed by atoms with Crippen molar-refractivity contribution in [3.8, 4) is 5.69 Å². The highest BCUT2D eigenvalue weighted by atomic mass is 32.1. The van der Waals surface area contributed by atoms with Crippen LogP contribution in [0.3, 0.4) is 0 Å². The van der Waals surface area contributed by atoms with E-state index in [0.717, 1.165) is 6.42 Å². The summed E-state index contributed by atoms with van der Waals surface area (Å²) < 4.78 is 5.09. The van der Waals surface area contributed by atoms with Gasteiger partial charge >= 0.3 is 0 Å². The van der Waals surface area contributed by atoms with E-state index in [4.69, 9.17) is 0 Å². The van der Waals surface area contributed by atoms with Gasteiger partial charge < -0.3 is 9.47 Å². The maximum atomic E-state index is 2.46. The summed E-state index contributed by atoms with van der Waals surface area (Å²) in [5.74, 6) is 0.249. The number of nitrogens with zero attached hydrogens (tertiary/aromatic N) is 2. The average Bonchev–Trinajstić information content (AvgIpc) is 3.71. The zero-order valence-corrected chi connectivity index (χ0v) is 27.6. The Morgan fingerprint density at radius 3 is 2.00 bits per heavy atom. The molecule has 0 fully saturated rings. The van der Waals surface area contributed by atoms with Crippen molar-refractivity contribution >= 4 is 75.5 Å². The van der Waals surface area contributed by atoms with E-state index in [9.17, 15) is 0 Å². The molecule has 1 unspecified atom stereocenters. The molecule has 0 spiro atoms. The first-order valence-electron chi connectivity index (χ1n) is 17.0. The molecule has 0 amide bonds. The van der Waals surface area contributed by atoms with E-state index in [2.05, 4.69) is 185 Å². The molecule has 7 aromatic carbocycles. The zero-order chi connectivity index (χ0) is 32.3. The number of anilines is 2. The Morgan fingerprint density at radius 2 is 1.20 bits per heavy atom. The van der Waals surface area contributed by atoms with Crippen LogP contribution in [0.15, 0.2) is 182 Å². The summed E-state index contributed by atoms with van der Waals surface area (Å²) in [6, 6.07) is 57.6. The second-order valence-corrected chi connectivity index (χ2v) is 14.0. The summed E-state index contributed by atoms with van der Waals surface area (Å²) in [6.07, 6.45) is 8.10. The number of hydrogen-bond acceptors (Lipinski definition) is 2. The standard InChI is InChI=1S/C46H32N2S/c1-2-14-35-31(12-1)13-11-22-41(35)47(34-28-29-40-39-18-6-10-23-45(39)49-46(40)30-34)33-26-24-32(25-27-33)36-15-3-7-19-42(36)48-43-20-8-4-16-37(43)38-17-5-9-21-44(38)48/h1-24,26-30,32H,25H2. The average molecular weight is 645 g/mol. The van der Waals surface area contributed by atoms with Gasteiger partial charge in [-0.15, -0.1) is 11.3 Å². The van der Waals surface area contributed by atoms with Gasteiger partial charge in [-0.3, -0.25) is 0 Å². The molecule has 0 N–H and O–H groups in total. The third-order valence-corrected chi connectivity index (χ3v) is 11.3. The highest BCUT2D eigenvalue weighted by Crippen LogP contribution is 2.43. The summed E-state index contributed by atoms with van der Waals surface area (Å²) >= 11 is 1.87. The second-order valence-electron chi connectivity index (χ2n) is 12.9. The van der Waals surface area contributed by atoms with Crippen LogP contribution >= 0.6 is 11.3 Å². The van der Waals surface area contributed by atoms with Crippen molar-refractivity contribution in [3.63, 3.8) is 0 Å².